The molecule has 3 N–H and O–H groups in total. The Morgan fingerprint density at radius 3 is 2.58 bits per heavy atom. The Labute approximate surface area is 208 Å². The molecule has 1 atom stereocenters. The van der Waals surface area contributed by atoms with Crippen molar-refractivity contribution in [1.29, 1.82) is 0 Å². The van der Waals surface area contributed by atoms with E-state index in [0.29, 0.717) is 36.9 Å². The maximum absolute atomic E-state index is 12.9. The van der Waals surface area contributed by atoms with Gasteiger partial charge in [0.15, 0.2) is 5.96 Å². The second-order valence-electron chi connectivity index (χ2n) is 7.44. The van der Waals surface area contributed by atoms with Crippen molar-refractivity contribution in [3.05, 3.63) is 65.2 Å². The third kappa shape index (κ3) is 8.50. The molecule has 33 heavy (non-hydrogen) atoms. The lowest BCUT2D eigenvalue weighted by atomic mass is 10.1. The topological polar surface area (TPSA) is 74.8 Å². The van der Waals surface area contributed by atoms with Crippen LogP contribution in [0.3, 0.4) is 0 Å². The summed E-state index contributed by atoms with van der Waals surface area (Å²) in [6, 6.07) is 12.6. The van der Waals surface area contributed by atoms with Crippen molar-refractivity contribution in [3.63, 3.8) is 0 Å². The number of rotatable bonds is 7. The number of amides is 1. The molecular weight excluding hydrogens is 548 g/mol. The summed E-state index contributed by atoms with van der Waals surface area (Å²) in [5, 5.41) is 9.12. The minimum Gasteiger partial charge on any atom is -0.368 e. The summed E-state index contributed by atoms with van der Waals surface area (Å²) in [6.07, 6.45) is -3.18. The molecule has 1 aliphatic heterocycles. The van der Waals surface area contributed by atoms with Crippen LogP contribution in [0.5, 0.6) is 0 Å². The van der Waals surface area contributed by atoms with E-state index in [1.54, 1.807) is 6.07 Å². The van der Waals surface area contributed by atoms with Gasteiger partial charge in [0.05, 0.1) is 12.1 Å². The van der Waals surface area contributed by atoms with Gasteiger partial charge in [-0.2, -0.15) is 13.2 Å². The molecule has 0 saturated carbocycles. The Bertz CT molecular complexity index is 947. The van der Waals surface area contributed by atoms with Gasteiger partial charge in [0.1, 0.15) is 6.10 Å². The lowest BCUT2D eigenvalue weighted by molar-refractivity contribution is -0.137. The Hall–Kier alpha value is -2.34. The molecule has 0 aromatic heterocycles. The number of anilines is 1. The Morgan fingerprint density at radius 2 is 1.88 bits per heavy atom. The standard InChI is InChI=1S/C23H27F3N4O2.HI/c1-2-27-22(28-14-16-6-3-8-18(12-16)23(24,25)26)29-15-17-7-4-9-19(13-17)30-21(31)20-10-5-11-32-20;/h3-4,6-9,12-13,20H,2,5,10-11,14-15H2,1H3,(H,30,31)(H2,27,28,29);1H. The van der Waals surface area contributed by atoms with Crippen LogP contribution < -0.4 is 16.0 Å². The molecule has 1 saturated heterocycles. The normalized spacial score (nSPS) is 16.1. The van der Waals surface area contributed by atoms with Gasteiger partial charge in [0, 0.05) is 25.4 Å². The number of hydrogen-bond donors (Lipinski definition) is 3. The summed E-state index contributed by atoms with van der Waals surface area (Å²) in [4.78, 5) is 16.6. The van der Waals surface area contributed by atoms with Crippen LogP contribution in [0, 0.1) is 0 Å². The van der Waals surface area contributed by atoms with Gasteiger partial charge in [-0.15, -0.1) is 24.0 Å². The highest BCUT2D eigenvalue weighted by Gasteiger charge is 2.30. The summed E-state index contributed by atoms with van der Waals surface area (Å²) < 4.78 is 44.1. The average molecular weight is 576 g/mol. The van der Waals surface area contributed by atoms with E-state index in [2.05, 4.69) is 20.9 Å². The number of benzene rings is 2. The number of ether oxygens (including phenoxy) is 1. The van der Waals surface area contributed by atoms with E-state index in [1.807, 2.05) is 31.2 Å². The highest BCUT2D eigenvalue weighted by molar-refractivity contribution is 14.0. The molecule has 3 rings (SSSR count). The van der Waals surface area contributed by atoms with Gasteiger partial charge in [-0.3, -0.25) is 4.79 Å². The first-order valence-corrected chi connectivity index (χ1v) is 10.5. The van der Waals surface area contributed by atoms with Gasteiger partial charge in [0.25, 0.3) is 5.91 Å². The summed E-state index contributed by atoms with van der Waals surface area (Å²) >= 11 is 0. The van der Waals surface area contributed by atoms with Crippen LogP contribution in [0.2, 0.25) is 0 Å². The number of aliphatic imine (C=N–C) groups is 1. The Balaban J connectivity index is 0.00000385. The molecule has 1 fully saturated rings. The zero-order valence-electron chi connectivity index (χ0n) is 18.2. The van der Waals surface area contributed by atoms with E-state index < -0.39 is 17.8 Å². The number of halogens is 4. The van der Waals surface area contributed by atoms with Gasteiger partial charge in [-0.05, 0) is 55.2 Å². The van der Waals surface area contributed by atoms with Crippen molar-refractivity contribution >= 4 is 41.5 Å². The highest BCUT2D eigenvalue weighted by atomic mass is 127. The first kappa shape index (κ1) is 26.9. The maximum atomic E-state index is 12.9. The first-order valence-electron chi connectivity index (χ1n) is 10.5. The molecular formula is C23H28F3IN4O2. The quantitative estimate of drug-likeness (QED) is 0.254. The second-order valence-corrected chi connectivity index (χ2v) is 7.44. The van der Waals surface area contributed by atoms with E-state index in [0.717, 1.165) is 30.5 Å². The average Bonchev–Trinajstić information content (AvgIpc) is 3.31. The monoisotopic (exact) mass is 576 g/mol. The van der Waals surface area contributed by atoms with Crippen LogP contribution in [0.15, 0.2) is 53.5 Å². The van der Waals surface area contributed by atoms with E-state index in [1.165, 1.54) is 6.07 Å². The van der Waals surface area contributed by atoms with Gasteiger partial charge in [-0.1, -0.05) is 24.3 Å². The summed E-state index contributed by atoms with van der Waals surface area (Å²) in [7, 11) is 0. The van der Waals surface area contributed by atoms with E-state index in [-0.39, 0.29) is 36.4 Å². The van der Waals surface area contributed by atoms with Gasteiger partial charge < -0.3 is 20.7 Å². The number of nitrogens with zero attached hydrogens (tertiary/aromatic N) is 1. The zero-order chi connectivity index (χ0) is 23.0. The van der Waals surface area contributed by atoms with E-state index >= 15 is 0 Å². The summed E-state index contributed by atoms with van der Waals surface area (Å²) in [5.74, 6) is 0.335. The van der Waals surface area contributed by atoms with Crippen LogP contribution in [-0.4, -0.2) is 31.1 Å². The minimum absolute atomic E-state index is 0. The molecule has 0 radical (unpaired) electrons. The fourth-order valence-electron chi connectivity index (χ4n) is 3.31. The molecule has 10 heteroatoms. The van der Waals surface area contributed by atoms with Crippen LogP contribution in [0.25, 0.3) is 0 Å². The summed E-state index contributed by atoms with van der Waals surface area (Å²) in [6.45, 7) is 3.65. The third-order valence-corrected chi connectivity index (χ3v) is 4.89. The SMILES string of the molecule is CCNC(=NCc1cccc(C(F)(F)F)c1)NCc1cccc(NC(=O)C2CCCO2)c1.I. The lowest BCUT2D eigenvalue weighted by Crippen LogP contribution is -2.36. The molecule has 0 aliphatic carbocycles. The van der Waals surface area contributed by atoms with Crippen molar-refractivity contribution in [2.24, 2.45) is 4.99 Å². The Morgan fingerprint density at radius 1 is 1.12 bits per heavy atom. The van der Waals surface area contributed by atoms with E-state index in [9.17, 15) is 18.0 Å². The molecule has 1 amide bonds. The van der Waals surface area contributed by atoms with Gasteiger partial charge >= 0.3 is 6.18 Å². The van der Waals surface area contributed by atoms with Crippen molar-refractivity contribution in [2.45, 2.75) is 45.1 Å². The van der Waals surface area contributed by atoms with Gasteiger partial charge in [-0.25, -0.2) is 4.99 Å². The second kappa shape index (κ2) is 12.8. The zero-order valence-corrected chi connectivity index (χ0v) is 20.6. The van der Waals surface area contributed by atoms with Crippen molar-refractivity contribution in [1.82, 2.24) is 10.6 Å². The van der Waals surface area contributed by atoms with Crippen LogP contribution in [-0.2, 0) is 28.8 Å². The third-order valence-electron chi connectivity index (χ3n) is 4.89. The smallest absolute Gasteiger partial charge is 0.368 e. The predicted octanol–water partition coefficient (Wildman–Crippen LogP) is 4.70. The molecule has 1 heterocycles. The molecule has 2 aromatic carbocycles. The fourth-order valence-corrected chi connectivity index (χ4v) is 3.31. The van der Waals surface area contributed by atoms with E-state index in [4.69, 9.17) is 4.74 Å². The number of carbonyl (C=O) groups excluding carboxylic acids is 1. The Kier molecular flexibility index (Phi) is 10.4. The molecule has 1 aliphatic rings. The number of guanidine groups is 1. The molecule has 1 unspecified atom stereocenters. The lowest BCUT2D eigenvalue weighted by Gasteiger charge is -2.14. The highest BCUT2D eigenvalue weighted by Crippen LogP contribution is 2.29. The number of nitrogens with one attached hydrogen (secondary N) is 3. The first-order chi connectivity index (χ1) is 15.3. The van der Waals surface area contributed by atoms with Crippen LogP contribution in [0.1, 0.15) is 36.5 Å². The minimum atomic E-state index is -4.38. The largest absolute Gasteiger partial charge is 0.416 e. The summed E-state index contributed by atoms with van der Waals surface area (Å²) in [5.41, 5.74) is 1.37. The van der Waals surface area contributed by atoms with Crippen LogP contribution in [0.4, 0.5) is 18.9 Å². The molecule has 2 aromatic rings. The fraction of sp³-hybridized carbons (Fsp3) is 0.391. The predicted molar refractivity (Wildman–Crippen MR) is 133 cm³/mol. The molecule has 0 spiro atoms. The van der Waals surface area contributed by atoms with Crippen molar-refractivity contribution in [2.75, 3.05) is 18.5 Å². The van der Waals surface area contributed by atoms with Crippen molar-refractivity contribution < 1.29 is 22.7 Å². The number of carbonyl (C=O) groups is 1. The molecule has 0 bridgehead atoms. The molecule has 180 valence electrons. The number of hydrogen-bond acceptors (Lipinski definition) is 3. The maximum Gasteiger partial charge on any atom is 0.416 e. The van der Waals surface area contributed by atoms with Crippen molar-refractivity contribution in [3.8, 4) is 0 Å². The number of alkyl halides is 3. The van der Waals surface area contributed by atoms with Gasteiger partial charge in [0.2, 0.25) is 0 Å². The van der Waals surface area contributed by atoms with Crippen LogP contribution >= 0.6 is 24.0 Å². The molecule has 6 nitrogen and oxygen atoms in total.